The van der Waals surface area contributed by atoms with Crippen LogP contribution in [0.15, 0.2) is 29.3 Å². The van der Waals surface area contributed by atoms with E-state index in [4.69, 9.17) is 0 Å². The lowest BCUT2D eigenvalue weighted by molar-refractivity contribution is 0.585. The normalized spacial score (nSPS) is 12.1. The van der Waals surface area contributed by atoms with E-state index in [1.165, 1.54) is 10.2 Å². The number of benzene rings is 1. The van der Waals surface area contributed by atoms with Gasteiger partial charge in [0.2, 0.25) is 0 Å². The Hall–Kier alpha value is -1.80. The highest BCUT2D eigenvalue weighted by atomic mass is 32.2. The molecule has 0 unspecified atom stereocenters. The summed E-state index contributed by atoms with van der Waals surface area (Å²) in [6.07, 6.45) is 2.07. The number of hydrogen-bond donors (Lipinski definition) is 0. The molecule has 6 nitrogen and oxygen atoms in total. The summed E-state index contributed by atoms with van der Waals surface area (Å²) in [5, 5.41) is 0. The number of nitrogens with zero attached hydrogens (tertiary/aromatic N) is 4. The Kier molecular flexibility index (Phi) is 3.06. The molecule has 0 radical (unpaired) electrons. The fourth-order valence-corrected chi connectivity index (χ4v) is 4.27. The van der Waals surface area contributed by atoms with Gasteiger partial charge >= 0.3 is 0 Å². The van der Waals surface area contributed by atoms with E-state index in [0.29, 0.717) is 29.0 Å². The minimum atomic E-state index is -3.70. The minimum Gasteiger partial charge on any atom is -0.238 e. The molecule has 0 N–H and O–H groups in total. The highest BCUT2D eigenvalue weighted by Crippen LogP contribution is 2.24. The Labute approximate surface area is 120 Å². The summed E-state index contributed by atoms with van der Waals surface area (Å²) in [7, 11) is -3.70. The summed E-state index contributed by atoms with van der Waals surface area (Å²) in [4.78, 5) is 4.40. The van der Waals surface area contributed by atoms with E-state index in [9.17, 15) is 8.42 Å². The fourth-order valence-electron chi connectivity index (χ4n) is 2.06. The van der Waals surface area contributed by atoms with Gasteiger partial charge in [-0.2, -0.15) is 8.75 Å². The SMILES string of the molecule is CCc1nc(C)cn1S(=O)(=O)c1cccc2nsnc12. The van der Waals surface area contributed by atoms with Gasteiger partial charge in [-0.15, -0.1) is 0 Å². The minimum absolute atomic E-state index is 0.163. The number of imidazole rings is 1. The quantitative estimate of drug-likeness (QED) is 0.739. The zero-order chi connectivity index (χ0) is 14.3. The molecule has 2 heterocycles. The van der Waals surface area contributed by atoms with E-state index in [0.717, 1.165) is 11.7 Å². The van der Waals surface area contributed by atoms with Crippen molar-refractivity contribution >= 4 is 32.8 Å². The van der Waals surface area contributed by atoms with Gasteiger partial charge in [0.1, 0.15) is 21.8 Å². The fraction of sp³-hybridized carbons (Fsp3) is 0.250. The molecular formula is C12H12N4O2S2. The molecule has 0 spiro atoms. The zero-order valence-corrected chi connectivity index (χ0v) is 12.6. The van der Waals surface area contributed by atoms with Crippen molar-refractivity contribution in [3.05, 3.63) is 35.9 Å². The highest BCUT2D eigenvalue weighted by Gasteiger charge is 2.24. The zero-order valence-electron chi connectivity index (χ0n) is 10.9. The Morgan fingerprint density at radius 2 is 2.10 bits per heavy atom. The molecule has 0 fully saturated rings. The number of aryl methyl sites for hydroxylation is 2. The van der Waals surface area contributed by atoms with E-state index in [-0.39, 0.29) is 4.90 Å². The first-order chi connectivity index (χ1) is 9.54. The number of fused-ring (bicyclic) bond motifs is 1. The van der Waals surface area contributed by atoms with Gasteiger partial charge in [-0.05, 0) is 19.1 Å². The lowest BCUT2D eigenvalue weighted by Crippen LogP contribution is -2.15. The summed E-state index contributed by atoms with van der Waals surface area (Å²) in [5.41, 5.74) is 1.67. The summed E-state index contributed by atoms with van der Waals surface area (Å²) in [6.45, 7) is 3.65. The molecule has 0 aliphatic heterocycles. The second kappa shape index (κ2) is 4.64. The molecule has 1 aromatic carbocycles. The molecule has 3 rings (SSSR count). The maximum absolute atomic E-state index is 12.8. The van der Waals surface area contributed by atoms with Gasteiger partial charge in [0.05, 0.1) is 17.4 Å². The van der Waals surface area contributed by atoms with E-state index in [1.54, 1.807) is 25.1 Å². The van der Waals surface area contributed by atoms with Gasteiger partial charge in [0.15, 0.2) is 0 Å². The van der Waals surface area contributed by atoms with Crippen LogP contribution in [0.25, 0.3) is 11.0 Å². The summed E-state index contributed by atoms with van der Waals surface area (Å²) < 4.78 is 35.0. The van der Waals surface area contributed by atoms with Crippen LogP contribution in [0.1, 0.15) is 18.4 Å². The molecule has 0 saturated carbocycles. The van der Waals surface area contributed by atoms with Crippen LogP contribution in [0, 0.1) is 6.92 Å². The maximum Gasteiger partial charge on any atom is 0.271 e. The third kappa shape index (κ3) is 1.92. The van der Waals surface area contributed by atoms with Crippen LogP contribution in [0.4, 0.5) is 0 Å². The van der Waals surface area contributed by atoms with Crippen LogP contribution >= 0.6 is 11.7 Å². The predicted molar refractivity (Wildman–Crippen MR) is 76.3 cm³/mol. The topological polar surface area (TPSA) is 77.7 Å². The Morgan fingerprint density at radius 3 is 2.85 bits per heavy atom. The smallest absolute Gasteiger partial charge is 0.238 e. The molecule has 0 amide bonds. The molecule has 0 atom stereocenters. The maximum atomic E-state index is 12.8. The molecule has 0 bridgehead atoms. The largest absolute Gasteiger partial charge is 0.271 e. The van der Waals surface area contributed by atoms with E-state index in [1.807, 2.05) is 6.92 Å². The number of aromatic nitrogens is 4. The van der Waals surface area contributed by atoms with Crippen molar-refractivity contribution in [3.63, 3.8) is 0 Å². The van der Waals surface area contributed by atoms with Crippen LogP contribution in [-0.4, -0.2) is 26.1 Å². The second-order valence-electron chi connectivity index (χ2n) is 4.34. The van der Waals surface area contributed by atoms with Crippen LogP contribution < -0.4 is 0 Å². The molecule has 0 saturated heterocycles. The van der Waals surface area contributed by atoms with Crippen molar-refractivity contribution in [2.24, 2.45) is 0 Å². The highest BCUT2D eigenvalue weighted by molar-refractivity contribution is 7.90. The number of hydrogen-bond acceptors (Lipinski definition) is 6. The van der Waals surface area contributed by atoms with Crippen molar-refractivity contribution in [2.45, 2.75) is 25.2 Å². The molecule has 20 heavy (non-hydrogen) atoms. The molecule has 3 aromatic rings. The number of rotatable bonds is 3. The Bertz CT molecular complexity index is 880. The molecule has 0 aliphatic carbocycles. The van der Waals surface area contributed by atoms with Crippen molar-refractivity contribution < 1.29 is 8.42 Å². The van der Waals surface area contributed by atoms with Crippen LogP contribution in [-0.2, 0) is 16.4 Å². The van der Waals surface area contributed by atoms with Gasteiger partial charge in [0.25, 0.3) is 10.0 Å². The standard InChI is InChI=1S/C12H12N4O2S2/c1-3-11-13-8(2)7-16(11)20(17,18)10-6-4-5-9-12(10)15-19-14-9/h4-7H,3H2,1-2H3. The van der Waals surface area contributed by atoms with Gasteiger partial charge in [0, 0.05) is 12.6 Å². The van der Waals surface area contributed by atoms with Crippen molar-refractivity contribution in [1.29, 1.82) is 0 Å². The van der Waals surface area contributed by atoms with E-state index >= 15 is 0 Å². The summed E-state index contributed by atoms with van der Waals surface area (Å²) >= 11 is 1.00. The summed E-state index contributed by atoms with van der Waals surface area (Å²) in [5.74, 6) is 0.516. The van der Waals surface area contributed by atoms with Crippen LogP contribution in [0.2, 0.25) is 0 Å². The van der Waals surface area contributed by atoms with E-state index in [2.05, 4.69) is 13.7 Å². The van der Waals surface area contributed by atoms with Gasteiger partial charge in [-0.3, -0.25) is 0 Å². The summed E-state index contributed by atoms with van der Waals surface area (Å²) in [6, 6.07) is 4.97. The first-order valence-corrected chi connectivity index (χ1v) is 8.23. The second-order valence-corrected chi connectivity index (χ2v) is 6.65. The molecule has 104 valence electrons. The third-order valence-corrected chi connectivity index (χ3v) is 5.23. The van der Waals surface area contributed by atoms with Gasteiger partial charge < -0.3 is 0 Å². The van der Waals surface area contributed by atoms with Crippen LogP contribution in [0.5, 0.6) is 0 Å². The van der Waals surface area contributed by atoms with Crippen molar-refractivity contribution in [3.8, 4) is 0 Å². The lowest BCUT2D eigenvalue weighted by atomic mass is 10.3. The third-order valence-electron chi connectivity index (χ3n) is 2.97. The van der Waals surface area contributed by atoms with E-state index < -0.39 is 10.0 Å². The van der Waals surface area contributed by atoms with Crippen molar-refractivity contribution in [1.82, 2.24) is 17.7 Å². The lowest BCUT2D eigenvalue weighted by Gasteiger charge is -2.08. The Morgan fingerprint density at radius 1 is 1.30 bits per heavy atom. The van der Waals surface area contributed by atoms with Gasteiger partial charge in [-0.25, -0.2) is 17.4 Å². The molecule has 0 aliphatic rings. The predicted octanol–water partition coefficient (Wildman–Crippen LogP) is 2.00. The van der Waals surface area contributed by atoms with Crippen molar-refractivity contribution in [2.75, 3.05) is 0 Å². The molecular weight excluding hydrogens is 296 g/mol. The average Bonchev–Trinajstić information content (AvgIpc) is 3.03. The first kappa shape index (κ1) is 13.2. The molecule has 2 aromatic heterocycles. The van der Waals surface area contributed by atoms with Crippen LogP contribution in [0.3, 0.4) is 0 Å². The first-order valence-electron chi connectivity index (χ1n) is 6.05. The molecule has 8 heteroatoms. The average molecular weight is 308 g/mol. The Balaban J connectivity index is 2.29. The van der Waals surface area contributed by atoms with Gasteiger partial charge in [-0.1, -0.05) is 13.0 Å². The monoisotopic (exact) mass is 308 g/mol.